The van der Waals surface area contributed by atoms with E-state index >= 15 is 0 Å². The highest BCUT2D eigenvalue weighted by Crippen LogP contribution is 2.13. The van der Waals surface area contributed by atoms with Crippen molar-refractivity contribution in [3.63, 3.8) is 0 Å². The standard InChI is InChI=1S/C3H4N2S.2C2HF3O2/c4-3-5-1-2-6-3;2*3-2(4,5)1(6)7/h1-2H,(H2,4,5);2*(H,6,7). The van der Waals surface area contributed by atoms with Crippen molar-refractivity contribution in [1.29, 1.82) is 0 Å². The molecule has 0 atom stereocenters. The number of nitrogens with two attached hydrogens (primary N) is 1. The SMILES string of the molecule is Nc1nccs1.O=C(O)C(F)(F)F.O=C(O)C(F)(F)F. The second kappa shape index (κ2) is 8.19. The molecule has 1 heterocycles. The van der Waals surface area contributed by atoms with Crippen LogP contribution in [0.4, 0.5) is 31.5 Å². The Morgan fingerprint density at radius 3 is 1.40 bits per heavy atom. The Hall–Kier alpha value is -2.05. The van der Waals surface area contributed by atoms with Gasteiger partial charge >= 0.3 is 24.3 Å². The third-order valence-electron chi connectivity index (χ3n) is 0.936. The van der Waals surface area contributed by atoms with Crippen molar-refractivity contribution < 1.29 is 46.1 Å². The van der Waals surface area contributed by atoms with Crippen LogP contribution in [0.1, 0.15) is 0 Å². The first-order chi connectivity index (χ1) is 8.78. The fourth-order valence-corrected chi connectivity index (χ4v) is 0.617. The van der Waals surface area contributed by atoms with Gasteiger partial charge in [0.05, 0.1) is 0 Å². The normalized spacial score (nSPS) is 10.5. The zero-order valence-electron chi connectivity index (χ0n) is 9.07. The minimum Gasteiger partial charge on any atom is -0.475 e. The number of carboxylic acids is 2. The van der Waals surface area contributed by atoms with E-state index in [0.717, 1.165) is 0 Å². The number of thiazole rings is 1. The number of nitrogen functional groups attached to an aromatic ring is 1. The Kier molecular flexibility index (Phi) is 8.30. The largest absolute Gasteiger partial charge is 0.490 e. The van der Waals surface area contributed by atoms with Gasteiger partial charge < -0.3 is 15.9 Å². The van der Waals surface area contributed by atoms with Gasteiger partial charge in [-0.1, -0.05) is 0 Å². The second-order valence-electron chi connectivity index (χ2n) is 2.48. The predicted octanol–water partition coefficient (Wildman–Crippen LogP) is 1.99. The summed E-state index contributed by atoms with van der Waals surface area (Å²) in [7, 11) is 0. The molecule has 0 unspecified atom stereocenters. The average molecular weight is 328 g/mol. The van der Waals surface area contributed by atoms with Crippen LogP contribution in [0.25, 0.3) is 0 Å². The molecule has 0 saturated carbocycles. The number of alkyl halides is 6. The van der Waals surface area contributed by atoms with E-state index in [1.807, 2.05) is 5.38 Å². The van der Waals surface area contributed by atoms with Crippen LogP contribution < -0.4 is 5.73 Å². The van der Waals surface area contributed by atoms with Crippen molar-refractivity contribution in [2.24, 2.45) is 0 Å². The fourth-order valence-electron chi connectivity index (χ4n) is 0.234. The molecular weight excluding hydrogens is 322 g/mol. The maximum Gasteiger partial charge on any atom is 0.490 e. The molecule has 0 aliphatic rings. The monoisotopic (exact) mass is 328 g/mol. The first kappa shape index (κ1) is 20.3. The van der Waals surface area contributed by atoms with Crippen molar-refractivity contribution in [2.45, 2.75) is 12.4 Å². The molecule has 0 radical (unpaired) electrons. The van der Waals surface area contributed by atoms with Crippen LogP contribution in [0.3, 0.4) is 0 Å². The van der Waals surface area contributed by atoms with E-state index in [4.69, 9.17) is 25.5 Å². The summed E-state index contributed by atoms with van der Waals surface area (Å²) in [5.41, 5.74) is 5.19. The lowest BCUT2D eigenvalue weighted by Crippen LogP contribution is -2.21. The summed E-state index contributed by atoms with van der Waals surface area (Å²) < 4.78 is 63.5. The molecule has 20 heavy (non-hydrogen) atoms. The first-order valence-corrected chi connectivity index (χ1v) is 4.91. The van der Waals surface area contributed by atoms with Crippen LogP contribution in [0.15, 0.2) is 11.6 Å². The molecule has 4 N–H and O–H groups in total. The minimum atomic E-state index is -5.08. The van der Waals surface area contributed by atoms with Crippen LogP contribution in [0, 0.1) is 0 Å². The molecule has 0 aromatic carbocycles. The molecule has 0 spiro atoms. The van der Waals surface area contributed by atoms with E-state index in [-0.39, 0.29) is 0 Å². The van der Waals surface area contributed by atoms with Crippen LogP contribution in [0.5, 0.6) is 0 Å². The number of hydrogen-bond donors (Lipinski definition) is 3. The Balaban J connectivity index is 0. The smallest absolute Gasteiger partial charge is 0.475 e. The molecule has 13 heteroatoms. The quantitative estimate of drug-likeness (QED) is 0.628. The summed E-state index contributed by atoms with van der Waals surface area (Å²) in [5.74, 6) is -5.51. The molecule has 0 aliphatic carbocycles. The lowest BCUT2D eigenvalue weighted by Gasteiger charge is -1.93. The second-order valence-corrected chi connectivity index (χ2v) is 3.40. The Labute approximate surface area is 110 Å². The Morgan fingerprint density at radius 1 is 1.05 bits per heavy atom. The van der Waals surface area contributed by atoms with Gasteiger partial charge in [-0.25, -0.2) is 14.6 Å². The zero-order chi connectivity index (χ0) is 16.6. The molecule has 1 aromatic rings. The molecule has 0 aliphatic heterocycles. The van der Waals surface area contributed by atoms with Gasteiger partial charge in [-0.15, -0.1) is 11.3 Å². The highest BCUT2D eigenvalue weighted by atomic mass is 32.1. The lowest BCUT2D eigenvalue weighted by molar-refractivity contribution is -0.193. The molecule has 0 saturated heterocycles. The van der Waals surface area contributed by atoms with E-state index in [0.29, 0.717) is 5.13 Å². The number of nitrogens with zero attached hydrogens (tertiary/aromatic N) is 1. The minimum absolute atomic E-state index is 0.634. The van der Waals surface area contributed by atoms with E-state index < -0.39 is 24.3 Å². The summed E-state index contributed by atoms with van der Waals surface area (Å²) in [6.45, 7) is 0. The predicted molar refractivity (Wildman–Crippen MR) is 53.9 cm³/mol. The van der Waals surface area contributed by atoms with Gasteiger partial charge in [0.15, 0.2) is 5.13 Å². The van der Waals surface area contributed by atoms with Gasteiger partial charge in [-0.3, -0.25) is 0 Å². The van der Waals surface area contributed by atoms with E-state index in [2.05, 4.69) is 4.98 Å². The highest BCUT2D eigenvalue weighted by Gasteiger charge is 2.38. The molecule has 0 amide bonds. The molecule has 1 rings (SSSR count). The topological polar surface area (TPSA) is 114 Å². The molecule has 1 aromatic heterocycles. The molecular formula is C7H6F6N2O4S. The number of aromatic nitrogens is 1. The Morgan fingerprint density at radius 2 is 1.35 bits per heavy atom. The van der Waals surface area contributed by atoms with Crippen molar-refractivity contribution in [2.75, 3.05) is 5.73 Å². The van der Waals surface area contributed by atoms with Gasteiger partial charge in [-0.2, -0.15) is 26.3 Å². The zero-order valence-corrected chi connectivity index (χ0v) is 9.88. The van der Waals surface area contributed by atoms with E-state index in [1.165, 1.54) is 11.3 Å². The lowest BCUT2D eigenvalue weighted by atomic mass is 10.7. The number of aliphatic carboxylic acids is 2. The van der Waals surface area contributed by atoms with Crippen molar-refractivity contribution in [1.82, 2.24) is 4.98 Å². The summed E-state index contributed by atoms with van der Waals surface area (Å²) in [6, 6.07) is 0. The van der Waals surface area contributed by atoms with E-state index in [1.54, 1.807) is 6.20 Å². The van der Waals surface area contributed by atoms with Gasteiger partial charge in [0.1, 0.15) is 0 Å². The summed E-state index contributed by atoms with van der Waals surface area (Å²) in [6.07, 6.45) is -8.49. The van der Waals surface area contributed by atoms with Crippen LogP contribution in [-0.4, -0.2) is 39.5 Å². The molecule has 0 bridgehead atoms. The Bertz CT molecular complexity index is 392. The summed E-state index contributed by atoms with van der Waals surface area (Å²) in [5, 5.41) is 16.7. The number of carbonyl (C=O) groups is 2. The first-order valence-electron chi connectivity index (χ1n) is 4.03. The summed E-state index contributed by atoms with van der Waals surface area (Å²) in [4.78, 5) is 21.5. The fraction of sp³-hybridized carbons (Fsp3) is 0.286. The summed E-state index contributed by atoms with van der Waals surface area (Å²) >= 11 is 1.44. The van der Waals surface area contributed by atoms with Gasteiger partial charge in [0, 0.05) is 11.6 Å². The molecule has 0 fully saturated rings. The molecule has 116 valence electrons. The number of rotatable bonds is 0. The molecule has 6 nitrogen and oxygen atoms in total. The van der Waals surface area contributed by atoms with Crippen LogP contribution >= 0.6 is 11.3 Å². The third kappa shape index (κ3) is 12.4. The van der Waals surface area contributed by atoms with Gasteiger partial charge in [0.2, 0.25) is 0 Å². The van der Waals surface area contributed by atoms with Crippen molar-refractivity contribution >= 4 is 28.4 Å². The van der Waals surface area contributed by atoms with Gasteiger partial charge in [-0.05, 0) is 0 Å². The third-order valence-corrected chi connectivity index (χ3v) is 1.54. The number of carboxylic acid groups (broad SMARTS) is 2. The van der Waals surface area contributed by atoms with E-state index in [9.17, 15) is 26.3 Å². The van der Waals surface area contributed by atoms with Crippen LogP contribution in [0.2, 0.25) is 0 Å². The average Bonchev–Trinajstić information content (AvgIpc) is 2.67. The van der Waals surface area contributed by atoms with Crippen molar-refractivity contribution in [3.8, 4) is 0 Å². The highest BCUT2D eigenvalue weighted by molar-refractivity contribution is 7.13. The maximum atomic E-state index is 10.6. The van der Waals surface area contributed by atoms with Crippen LogP contribution in [-0.2, 0) is 9.59 Å². The number of halogens is 6. The number of hydrogen-bond acceptors (Lipinski definition) is 5. The number of anilines is 1. The van der Waals surface area contributed by atoms with Crippen molar-refractivity contribution in [3.05, 3.63) is 11.6 Å². The van der Waals surface area contributed by atoms with Gasteiger partial charge in [0.25, 0.3) is 0 Å². The maximum absolute atomic E-state index is 10.6.